The van der Waals surface area contributed by atoms with E-state index in [-0.39, 0.29) is 6.61 Å². The second-order valence-electron chi connectivity index (χ2n) is 10.1. The topological polar surface area (TPSA) is 119 Å². The Labute approximate surface area is 246 Å². The molecule has 10 nitrogen and oxygen atoms in total. The van der Waals surface area contributed by atoms with Gasteiger partial charge >= 0.3 is 23.9 Å². The van der Waals surface area contributed by atoms with Gasteiger partial charge in [0.2, 0.25) is 0 Å². The van der Waals surface area contributed by atoms with Crippen LogP contribution in [-0.4, -0.2) is 59.5 Å². The minimum atomic E-state index is -1.25. The van der Waals surface area contributed by atoms with Crippen molar-refractivity contribution in [2.45, 2.75) is 64.8 Å². The quantitative estimate of drug-likeness (QED) is 0.211. The van der Waals surface area contributed by atoms with Crippen molar-refractivity contribution >= 4 is 56.2 Å². The average molecular weight is 594 g/mol. The van der Waals surface area contributed by atoms with Crippen LogP contribution in [-0.2, 0) is 49.3 Å². The second kappa shape index (κ2) is 12.3. The lowest BCUT2D eigenvalue weighted by molar-refractivity contribution is -0.267. The summed E-state index contributed by atoms with van der Waals surface area (Å²) in [5, 5.41) is 2.13. The lowest BCUT2D eigenvalue weighted by Gasteiger charge is -2.44. The van der Waals surface area contributed by atoms with Gasteiger partial charge in [-0.3, -0.25) is 19.2 Å². The van der Waals surface area contributed by atoms with Crippen molar-refractivity contribution in [3.8, 4) is 0 Å². The van der Waals surface area contributed by atoms with Gasteiger partial charge in [0.05, 0.1) is 5.52 Å². The van der Waals surface area contributed by atoms with E-state index in [1.54, 1.807) is 11.3 Å². The molecule has 42 heavy (non-hydrogen) atoms. The Bertz CT molecular complexity index is 1610. The summed E-state index contributed by atoms with van der Waals surface area (Å²) in [7, 11) is 0. The van der Waals surface area contributed by atoms with Crippen LogP contribution >= 0.6 is 11.3 Å². The zero-order valence-corrected chi connectivity index (χ0v) is 24.4. The second-order valence-corrected chi connectivity index (χ2v) is 11.3. The number of benzene rings is 2. The molecule has 1 aliphatic heterocycles. The predicted molar refractivity (Wildman–Crippen MR) is 154 cm³/mol. The zero-order valence-electron chi connectivity index (χ0n) is 23.6. The fourth-order valence-corrected chi connectivity index (χ4v) is 6.46. The fraction of sp³-hybridized carbons (Fsp3) is 0.355. The van der Waals surface area contributed by atoms with Gasteiger partial charge < -0.3 is 28.3 Å². The maximum Gasteiger partial charge on any atom is 0.303 e. The highest BCUT2D eigenvalue weighted by Gasteiger charge is 2.53. The molecular weight excluding hydrogens is 562 g/mol. The molecule has 1 unspecified atom stereocenters. The number of carbonyl (C=O) groups excluding carboxylic acids is 4. The first-order valence-electron chi connectivity index (χ1n) is 13.5. The highest BCUT2D eigenvalue weighted by atomic mass is 32.1. The highest BCUT2D eigenvalue weighted by molar-refractivity contribution is 7.19. The van der Waals surface area contributed by atoms with Gasteiger partial charge in [-0.05, 0) is 29.1 Å². The summed E-state index contributed by atoms with van der Waals surface area (Å²) >= 11 is 1.71. The number of fused-ring (bicyclic) bond motifs is 2. The van der Waals surface area contributed by atoms with Crippen LogP contribution in [0.25, 0.3) is 21.0 Å². The van der Waals surface area contributed by atoms with E-state index in [1.165, 1.54) is 42.7 Å². The van der Waals surface area contributed by atoms with E-state index in [0.29, 0.717) is 6.42 Å². The van der Waals surface area contributed by atoms with Crippen molar-refractivity contribution in [3.05, 3.63) is 71.2 Å². The molecule has 5 rings (SSSR count). The van der Waals surface area contributed by atoms with Crippen LogP contribution < -0.4 is 0 Å². The fourth-order valence-electron chi connectivity index (χ4n) is 5.37. The molecule has 0 N–H and O–H groups in total. The van der Waals surface area contributed by atoms with E-state index in [1.807, 2.05) is 47.2 Å². The molecule has 220 valence electrons. The number of hydrogen-bond acceptors (Lipinski definition) is 10. The van der Waals surface area contributed by atoms with Gasteiger partial charge in [0.1, 0.15) is 12.7 Å². The van der Waals surface area contributed by atoms with Crippen LogP contribution in [0.15, 0.2) is 60.8 Å². The molecule has 5 atom stereocenters. The SMILES string of the molecule is CC(=O)OC[C@H]1OC(n2cc(Cc3cc4ccccc4s3)c3ccccc32)[C@H](OC(C)=O)[C@@H](OC(C)=O)[C@@H]1OC(C)=O. The lowest BCUT2D eigenvalue weighted by atomic mass is 9.97. The van der Waals surface area contributed by atoms with Gasteiger partial charge in [0.25, 0.3) is 0 Å². The van der Waals surface area contributed by atoms with Gasteiger partial charge in [0.15, 0.2) is 24.5 Å². The third-order valence-electron chi connectivity index (χ3n) is 6.90. The maximum absolute atomic E-state index is 12.3. The van der Waals surface area contributed by atoms with Crippen LogP contribution in [0.1, 0.15) is 44.4 Å². The van der Waals surface area contributed by atoms with Gasteiger partial charge in [-0.15, -0.1) is 11.3 Å². The summed E-state index contributed by atoms with van der Waals surface area (Å²) in [6.45, 7) is 4.58. The number of thiophene rings is 1. The molecule has 1 saturated heterocycles. The van der Waals surface area contributed by atoms with E-state index in [9.17, 15) is 19.2 Å². The first-order valence-corrected chi connectivity index (χ1v) is 14.3. The minimum absolute atomic E-state index is 0.290. The molecule has 0 amide bonds. The molecule has 2 aromatic heterocycles. The van der Waals surface area contributed by atoms with E-state index >= 15 is 0 Å². The largest absolute Gasteiger partial charge is 0.463 e. The summed E-state index contributed by atoms with van der Waals surface area (Å²) in [5.41, 5.74) is 1.79. The monoisotopic (exact) mass is 593 g/mol. The summed E-state index contributed by atoms with van der Waals surface area (Å²) in [5.74, 6) is -2.57. The van der Waals surface area contributed by atoms with Crippen molar-refractivity contribution in [1.29, 1.82) is 0 Å². The molecule has 0 bridgehead atoms. The highest BCUT2D eigenvalue weighted by Crippen LogP contribution is 2.38. The van der Waals surface area contributed by atoms with E-state index < -0.39 is 54.5 Å². The van der Waals surface area contributed by atoms with Gasteiger partial charge in [0, 0.05) is 55.3 Å². The molecule has 4 aromatic rings. The molecule has 0 saturated carbocycles. The van der Waals surface area contributed by atoms with Crippen LogP contribution in [0.2, 0.25) is 0 Å². The Kier molecular flexibility index (Phi) is 8.60. The number of ether oxygens (including phenoxy) is 5. The average Bonchev–Trinajstić information content (AvgIpc) is 3.50. The normalized spacial score (nSPS) is 22.0. The number of nitrogens with zero attached hydrogens (tertiary/aromatic N) is 1. The number of esters is 4. The number of carbonyl (C=O) groups is 4. The summed E-state index contributed by atoms with van der Waals surface area (Å²) < 4.78 is 31.5. The predicted octanol–water partition coefficient (Wildman–Crippen LogP) is 4.70. The molecule has 1 aliphatic rings. The van der Waals surface area contributed by atoms with E-state index in [2.05, 4.69) is 18.2 Å². The standard InChI is InChI=1S/C31H31NO9S/c1-17(33)37-16-26-28(38-18(2)34)29(39-19(3)35)30(40-20(4)36)31(41-26)32-15-22(24-10-6-7-11-25(24)32)14-23-13-21-9-5-8-12-27(21)42-23/h5-13,15,26,28-31H,14,16H2,1-4H3/t26-,28-,29+,30-,31?/m1/s1. The van der Waals surface area contributed by atoms with Crippen LogP contribution in [0.5, 0.6) is 0 Å². The number of aromatic nitrogens is 1. The first kappa shape index (κ1) is 29.3. The molecule has 3 heterocycles. The molecule has 1 fully saturated rings. The maximum atomic E-state index is 12.3. The molecule has 0 spiro atoms. The Morgan fingerprint density at radius 2 is 1.45 bits per heavy atom. The summed E-state index contributed by atoms with van der Waals surface area (Å²) in [6, 6.07) is 18.1. The van der Waals surface area contributed by atoms with Gasteiger partial charge in [-0.1, -0.05) is 36.4 Å². The number of hydrogen-bond donors (Lipinski definition) is 0. The Morgan fingerprint density at radius 3 is 2.14 bits per heavy atom. The van der Waals surface area contributed by atoms with Gasteiger partial charge in [-0.2, -0.15) is 0 Å². The Balaban J connectivity index is 1.61. The zero-order chi connectivity index (χ0) is 30.0. The van der Waals surface area contributed by atoms with E-state index in [4.69, 9.17) is 23.7 Å². The van der Waals surface area contributed by atoms with Crippen molar-refractivity contribution < 1.29 is 42.9 Å². The third kappa shape index (κ3) is 6.32. The number of rotatable bonds is 8. The van der Waals surface area contributed by atoms with Gasteiger partial charge in [-0.25, -0.2) is 0 Å². The molecular formula is C31H31NO9S. The van der Waals surface area contributed by atoms with Crippen LogP contribution in [0.4, 0.5) is 0 Å². The molecule has 2 aromatic carbocycles. The van der Waals surface area contributed by atoms with Crippen molar-refractivity contribution in [2.24, 2.45) is 0 Å². The number of para-hydroxylation sites is 1. The van der Waals surface area contributed by atoms with Crippen LogP contribution in [0, 0.1) is 0 Å². The van der Waals surface area contributed by atoms with Crippen molar-refractivity contribution in [2.75, 3.05) is 6.61 Å². The summed E-state index contributed by atoms with van der Waals surface area (Å²) in [4.78, 5) is 49.5. The Hall–Kier alpha value is -4.22. The summed E-state index contributed by atoms with van der Waals surface area (Å²) in [6.07, 6.45) is -3.16. The van der Waals surface area contributed by atoms with Crippen molar-refractivity contribution in [1.82, 2.24) is 4.57 Å². The van der Waals surface area contributed by atoms with Crippen molar-refractivity contribution in [3.63, 3.8) is 0 Å². The third-order valence-corrected chi connectivity index (χ3v) is 8.02. The molecule has 0 aliphatic carbocycles. The molecule has 0 radical (unpaired) electrons. The van der Waals surface area contributed by atoms with E-state index in [0.717, 1.165) is 16.5 Å². The minimum Gasteiger partial charge on any atom is -0.463 e. The smallest absolute Gasteiger partial charge is 0.303 e. The molecule has 11 heteroatoms. The lowest BCUT2D eigenvalue weighted by Crippen LogP contribution is -2.60. The van der Waals surface area contributed by atoms with Crippen LogP contribution in [0.3, 0.4) is 0 Å². The Morgan fingerprint density at radius 1 is 0.810 bits per heavy atom. The first-order chi connectivity index (χ1) is 20.1.